The third kappa shape index (κ3) is 4.52. The number of nitrogens with one attached hydrogen (secondary N) is 1. The number of benzene rings is 2. The fourth-order valence-corrected chi connectivity index (χ4v) is 6.10. The highest BCUT2D eigenvalue weighted by Gasteiger charge is 2.30. The lowest BCUT2D eigenvalue weighted by atomic mass is 10.0. The summed E-state index contributed by atoms with van der Waals surface area (Å²) in [7, 11) is -2.10. The maximum atomic E-state index is 13.1. The van der Waals surface area contributed by atoms with Crippen LogP contribution in [0.2, 0.25) is 0 Å². The summed E-state index contributed by atoms with van der Waals surface area (Å²) in [5.74, 6) is 0.659. The lowest BCUT2D eigenvalue weighted by Gasteiger charge is -2.30. The van der Waals surface area contributed by atoms with Crippen LogP contribution >= 0.6 is 11.3 Å². The number of carbonyl (C=O) groups is 1. The van der Waals surface area contributed by atoms with Gasteiger partial charge in [0.2, 0.25) is 0 Å². The fourth-order valence-electron chi connectivity index (χ4n) is 3.47. The molecule has 0 aliphatic carbocycles. The first kappa shape index (κ1) is 21.2. The standard InChI is InChI=1S/C22H22N2O5S2/c1-28-19-7-2-3-8-20(19)29-15-21(25)23-17-11-10-16-6-4-12-24(18(16)14-17)31(26,27)22-9-5-13-30-22/h2-3,5,7-11,13-14H,4,6,12,15H2,1H3,(H,23,25). The summed E-state index contributed by atoms with van der Waals surface area (Å²) >= 11 is 1.19. The van der Waals surface area contributed by atoms with Gasteiger partial charge in [0.05, 0.1) is 12.8 Å². The van der Waals surface area contributed by atoms with Gasteiger partial charge in [-0.25, -0.2) is 8.42 Å². The van der Waals surface area contributed by atoms with Gasteiger partial charge in [-0.1, -0.05) is 24.3 Å². The largest absolute Gasteiger partial charge is 0.493 e. The Labute approximate surface area is 185 Å². The Balaban J connectivity index is 1.50. The summed E-state index contributed by atoms with van der Waals surface area (Å²) in [5, 5.41) is 4.53. The monoisotopic (exact) mass is 458 g/mol. The molecule has 1 aliphatic rings. The summed E-state index contributed by atoms with van der Waals surface area (Å²) in [6.45, 7) is 0.205. The van der Waals surface area contributed by atoms with Crippen molar-refractivity contribution in [2.75, 3.05) is 29.9 Å². The molecule has 0 bridgehead atoms. The molecule has 0 saturated carbocycles. The third-order valence-electron chi connectivity index (χ3n) is 4.91. The number of hydrogen-bond acceptors (Lipinski definition) is 6. The number of ether oxygens (including phenoxy) is 2. The van der Waals surface area contributed by atoms with Gasteiger partial charge >= 0.3 is 0 Å². The molecular weight excluding hydrogens is 436 g/mol. The Hall–Kier alpha value is -3.04. The highest BCUT2D eigenvalue weighted by atomic mass is 32.2. The van der Waals surface area contributed by atoms with Crippen molar-refractivity contribution >= 4 is 38.6 Å². The van der Waals surface area contributed by atoms with Gasteiger partial charge < -0.3 is 14.8 Å². The Morgan fingerprint density at radius 3 is 2.68 bits per heavy atom. The van der Waals surface area contributed by atoms with Crippen LogP contribution in [0.5, 0.6) is 11.5 Å². The molecule has 0 fully saturated rings. The van der Waals surface area contributed by atoms with Gasteiger partial charge in [0.15, 0.2) is 18.1 Å². The topological polar surface area (TPSA) is 84.9 Å². The zero-order valence-corrected chi connectivity index (χ0v) is 18.5. The molecule has 2 heterocycles. The van der Waals surface area contributed by atoms with Crippen LogP contribution in [0.1, 0.15) is 12.0 Å². The van der Waals surface area contributed by atoms with Gasteiger partial charge in [-0.2, -0.15) is 0 Å². The van der Waals surface area contributed by atoms with Gasteiger partial charge in [0, 0.05) is 12.2 Å². The summed E-state index contributed by atoms with van der Waals surface area (Å²) in [6, 6.07) is 15.8. The van der Waals surface area contributed by atoms with Crippen LogP contribution in [0, 0.1) is 0 Å². The quantitative estimate of drug-likeness (QED) is 0.580. The number of para-hydroxylation sites is 2. The molecule has 3 aromatic rings. The zero-order chi connectivity index (χ0) is 21.8. The molecule has 0 atom stereocenters. The van der Waals surface area contributed by atoms with E-state index in [9.17, 15) is 13.2 Å². The third-order valence-corrected chi connectivity index (χ3v) is 8.10. The van der Waals surface area contributed by atoms with E-state index in [1.165, 1.54) is 22.8 Å². The summed E-state index contributed by atoms with van der Waals surface area (Å²) in [6.07, 6.45) is 1.53. The summed E-state index contributed by atoms with van der Waals surface area (Å²) < 4.78 is 38.7. The fraction of sp³-hybridized carbons (Fsp3) is 0.227. The number of thiophene rings is 1. The molecule has 162 valence electrons. The minimum absolute atomic E-state index is 0.200. The Morgan fingerprint density at radius 2 is 1.94 bits per heavy atom. The average molecular weight is 459 g/mol. The number of rotatable bonds is 7. The van der Waals surface area contributed by atoms with E-state index in [0.717, 1.165) is 18.4 Å². The molecule has 4 rings (SSSR count). The number of carbonyl (C=O) groups excluding carboxylic acids is 1. The molecule has 0 spiro atoms. The lowest BCUT2D eigenvalue weighted by Crippen LogP contribution is -2.35. The van der Waals surface area contributed by atoms with E-state index in [1.54, 1.807) is 47.8 Å². The Morgan fingerprint density at radius 1 is 1.13 bits per heavy atom. The van der Waals surface area contributed by atoms with Crippen LogP contribution in [-0.2, 0) is 21.2 Å². The van der Waals surface area contributed by atoms with Crippen LogP contribution < -0.4 is 19.1 Å². The molecule has 1 N–H and O–H groups in total. The van der Waals surface area contributed by atoms with E-state index >= 15 is 0 Å². The molecule has 7 nitrogen and oxygen atoms in total. The second kappa shape index (κ2) is 8.99. The minimum Gasteiger partial charge on any atom is -0.493 e. The van der Waals surface area contributed by atoms with Crippen molar-refractivity contribution in [2.45, 2.75) is 17.1 Å². The Bertz CT molecular complexity index is 1180. The maximum Gasteiger partial charge on any atom is 0.273 e. The second-order valence-corrected chi connectivity index (χ2v) is 9.98. The van der Waals surface area contributed by atoms with E-state index < -0.39 is 10.0 Å². The van der Waals surface area contributed by atoms with E-state index in [2.05, 4.69) is 5.32 Å². The van der Waals surface area contributed by atoms with Crippen molar-refractivity contribution in [1.82, 2.24) is 0 Å². The summed E-state index contributed by atoms with van der Waals surface area (Å²) in [4.78, 5) is 12.4. The molecule has 1 amide bonds. The number of nitrogens with zero attached hydrogens (tertiary/aromatic N) is 1. The number of sulfonamides is 1. The second-order valence-electron chi connectivity index (χ2n) is 6.94. The first-order valence-electron chi connectivity index (χ1n) is 9.74. The predicted octanol–water partition coefficient (Wildman–Crippen LogP) is 3.92. The molecule has 1 aliphatic heterocycles. The van der Waals surface area contributed by atoms with E-state index in [-0.39, 0.29) is 12.5 Å². The first-order chi connectivity index (χ1) is 15.0. The Kier molecular flexibility index (Phi) is 6.15. The van der Waals surface area contributed by atoms with Crippen LogP contribution in [0.15, 0.2) is 64.2 Å². The number of anilines is 2. The van der Waals surface area contributed by atoms with Crippen LogP contribution in [0.3, 0.4) is 0 Å². The first-order valence-corrected chi connectivity index (χ1v) is 12.1. The van der Waals surface area contributed by atoms with Gasteiger partial charge in [-0.3, -0.25) is 9.10 Å². The highest BCUT2D eigenvalue weighted by Crippen LogP contribution is 2.35. The number of amides is 1. The van der Waals surface area contributed by atoms with Gasteiger partial charge in [0.1, 0.15) is 4.21 Å². The summed E-state index contributed by atoms with van der Waals surface area (Å²) in [5.41, 5.74) is 2.05. The van der Waals surface area contributed by atoms with Crippen molar-refractivity contribution in [3.05, 3.63) is 65.5 Å². The normalized spacial score (nSPS) is 13.4. The molecule has 0 unspecified atom stereocenters. The number of methoxy groups -OCH3 is 1. The van der Waals surface area contributed by atoms with Crippen molar-refractivity contribution in [1.29, 1.82) is 0 Å². The number of fused-ring (bicyclic) bond motifs is 1. The van der Waals surface area contributed by atoms with Crippen LogP contribution in [-0.4, -0.2) is 34.6 Å². The molecule has 1 aromatic heterocycles. The van der Waals surface area contributed by atoms with Crippen molar-refractivity contribution in [3.8, 4) is 11.5 Å². The maximum absolute atomic E-state index is 13.1. The smallest absolute Gasteiger partial charge is 0.273 e. The SMILES string of the molecule is COc1ccccc1OCC(=O)Nc1ccc2c(c1)N(S(=O)(=O)c1cccs1)CCC2. The molecule has 9 heteroatoms. The molecule has 0 saturated heterocycles. The molecule has 2 aromatic carbocycles. The van der Waals surface area contributed by atoms with E-state index in [1.807, 2.05) is 12.1 Å². The molecular formula is C22H22N2O5S2. The number of aryl methyl sites for hydroxylation is 1. The molecule has 31 heavy (non-hydrogen) atoms. The predicted molar refractivity (Wildman–Crippen MR) is 121 cm³/mol. The highest BCUT2D eigenvalue weighted by molar-refractivity contribution is 7.94. The average Bonchev–Trinajstić information content (AvgIpc) is 3.33. The van der Waals surface area contributed by atoms with Gasteiger partial charge in [0.25, 0.3) is 15.9 Å². The molecule has 0 radical (unpaired) electrons. The minimum atomic E-state index is -3.63. The van der Waals surface area contributed by atoms with Crippen molar-refractivity contribution in [3.63, 3.8) is 0 Å². The van der Waals surface area contributed by atoms with Crippen LogP contribution in [0.4, 0.5) is 11.4 Å². The van der Waals surface area contributed by atoms with E-state index in [0.29, 0.717) is 33.6 Å². The van der Waals surface area contributed by atoms with Crippen molar-refractivity contribution in [2.24, 2.45) is 0 Å². The lowest BCUT2D eigenvalue weighted by molar-refractivity contribution is -0.118. The number of hydrogen-bond donors (Lipinski definition) is 1. The van der Waals surface area contributed by atoms with Crippen molar-refractivity contribution < 1.29 is 22.7 Å². The van der Waals surface area contributed by atoms with Gasteiger partial charge in [-0.15, -0.1) is 11.3 Å². The zero-order valence-electron chi connectivity index (χ0n) is 16.9. The van der Waals surface area contributed by atoms with Gasteiger partial charge in [-0.05, 0) is 54.1 Å². The van der Waals surface area contributed by atoms with E-state index in [4.69, 9.17) is 9.47 Å². The van der Waals surface area contributed by atoms with Crippen LogP contribution in [0.25, 0.3) is 0 Å².